The molecule has 1 aromatic rings. The van der Waals surface area contributed by atoms with Crippen LogP contribution in [0.15, 0.2) is 18.2 Å². The van der Waals surface area contributed by atoms with E-state index >= 15 is 0 Å². The van der Waals surface area contributed by atoms with E-state index in [0.29, 0.717) is 41.8 Å². The van der Waals surface area contributed by atoms with Crippen LogP contribution >= 0.6 is 11.6 Å². The van der Waals surface area contributed by atoms with Gasteiger partial charge in [-0.3, -0.25) is 9.69 Å². The summed E-state index contributed by atoms with van der Waals surface area (Å²) in [6, 6.07) is 3.62. The van der Waals surface area contributed by atoms with Gasteiger partial charge >= 0.3 is 6.09 Å². The molecule has 0 aromatic heterocycles. The molecule has 0 radical (unpaired) electrons. The van der Waals surface area contributed by atoms with E-state index in [4.69, 9.17) is 25.8 Å². The molecule has 2 aliphatic heterocycles. The predicted octanol–water partition coefficient (Wildman–Crippen LogP) is 3.59. The molecule has 0 bridgehead atoms. The third kappa shape index (κ3) is 4.29. The van der Waals surface area contributed by atoms with E-state index in [-0.39, 0.29) is 23.6 Å². The summed E-state index contributed by atoms with van der Waals surface area (Å²) in [4.78, 5) is 28.3. The molecule has 2 heterocycles. The van der Waals surface area contributed by atoms with E-state index < -0.39 is 0 Å². The number of piperidine rings is 1. The van der Waals surface area contributed by atoms with Crippen molar-refractivity contribution in [3.63, 3.8) is 0 Å². The maximum atomic E-state index is 12.6. The second-order valence-electron chi connectivity index (χ2n) is 7.83. The van der Waals surface area contributed by atoms with Crippen molar-refractivity contribution in [3.05, 3.63) is 28.8 Å². The summed E-state index contributed by atoms with van der Waals surface area (Å²) in [6.07, 6.45) is 4.40. The molecule has 8 heteroatoms. The average Bonchev–Trinajstić information content (AvgIpc) is 2.99. The summed E-state index contributed by atoms with van der Waals surface area (Å²) < 4.78 is 15.7. The van der Waals surface area contributed by atoms with E-state index in [1.807, 2.05) is 18.7 Å². The number of benzene rings is 1. The topological polar surface area (TPSA) is 68.3 Å². The van der Waals surface area contributed by atoms with Crippen LogP contribution in [0.1, 0.15) is 32.3 Å². The number of halogens is 1. The number of hydrogen-bond donors (Lipinski definition) is 0. The molecule has 0 saturated carbocycles. The van der Waals surface area contributed by atoms with E-state index in [1.165, 1.54) is 13.2 Å². The lowest BCUT2D eigenvalue weighted by Crippen LogP contribution is -2.53. The maximum absolute atomic E-state index is 12.6. The number of nitrogens with zero attached hydrogens (tertiary/aromatic N) is 2. The van der Waals surface area contributed by atoms with Gasteiger partial charge in [-0.2, -0.15) is 0 Å². The number of methoxy groups -OCH3 is 2. The molecule has 0 unspecified atom stereocenters. The molecule has 7 nitrogen and oxygen atoms in total. The van der Waals surface area contributed by atoms with Crippen molar-refractivity contribution < 1.29 is 23.8 Å². The fourth-order valence-electron chi connectivity index (χ4n) is 3.91. The zero-order valence-electron chi connectivity index (χ0n) is 17.2. The molecule has 2 aliphatic rings. The standard InChI is InChI=1S/C21H27ClN2O5/c1-21(2)13-29-20(26)24(21)15-9-11-23(12-10-15)17(25)8-6-14-5-7-16(27-3)19(28-4)18(14)22/h5-8,15H,9-13H2,1-4H3. The van der Waals surface area contributed by atoms with Crippen LogP contribution in [0.2, 0.25) is 5.02 Å². The van der Waals surface area contributed by atoms with E-state index in [9.17, 15) is 9.59 Å². The molecular formula is C21H27ClN2O5. The molecule has 0 aliphatic carbocycles. The van der Waals surface area contributed by atoms with Crippen LogP contribution in [-0.4, -0.2) is 67.3 Å². The quantitative estimate of drug-likeness (QED) is 0.678. The Hall–Kier alpha value is -2.41. The molecule has 158 valence electrons. The van der Waals surface area contributed by atoms with Crippen LogP contribution in [-0.2, 0) is 9.53 Å². The van der Waals surface area contributed by atoms with Crippen LogP contribution < -0.4 is 9.47 Å². The van der Waals surface area contributed by atoms with Gasteiger partial charge in [-0.25, -0.2) is 4.79 Å². The Morgan fingerprint density at radius 3 is 2.48 bits per heavy atom. The third-order valence-corrected chi connectivity index (χ3v) is 5.85. The van der Waals surface area contributed by atoms with Crippen molar-refractivity contribution in [2.45, 2.75) is 38.3 Å². The molecular weight excluding hydrogens is 396 g/mol. The lowest BCUT2D eigenvalue weighted by Gasteiger charge is -2.40. The number of carbonyl (C=O) groups excluding carboxylic acids is 2. The average molecular weight is 423 g/mol. The van der Waals surface area contributed by atoms with Crippen LogP contribution in [0.4, 0.5) is 4.79 Å². The van der Waals surface area contributed by atoms with Crippen LogP contribution in [0.3, 0.4) is 0 Å². The summed E-state index contributed by atoms with van der Waals surface area (Å²) >= 11 is 6.36. The van der Waals surface area contributed by atoms with Crippen LogP contribution in [0.25, 0.3) is 6.08 Å². The molecule has 2 fully saturated rings. The van der Waals surface area contributed by atoms with Gasteiger partial charge in [0.15, 0.2) is 11.5 Å². The first-order chi connectivity index (χ1) is 13.8. The van der Waals surface area contributed by atoms with Crippen molar-refractivity contribution in [1.82, 2.24) is 9.80 Å². The fraction of sp³-hybridized carbons (Fsp3) is 0.524. The summed E-state index contributed by atoms with van der Waals surface area (Å²) in [5.41, 5.74) is 0.368. The van der Waals surface area contributed by atoms with Gasteiger partial charge in [-0.05, 0) is 50.5 Å². The molecule has 2 amide bonds. The Morgan fingerprint density at radius 1 is 1.24 bits per heavy atom. The molecule has 0 atom stereocenters. The van der Waals surface area contributed by atoms with Gasteiger partial charge in [0.1, 0.15) is 6.61 Å². The first-order valence-corrected chi connectivity index (χ1v) is 10.00. The Labute approximate surface area is 176 Å². The van der Waals surface area contributed by atoms with Crippen molar-refractivity contribution in [2.75, 3.05) is 33.9 Å². The van der Waals surface area contributed by atoms with Gasteiger partial charge in [0.2, 0.25) is 5.91 Å². The first kappa shape index (κ1) is 21.3. The van der Waals surface area contributed by atoms with Crippen molar-refractivity contribution in [2.24, 2.45) is 0 Å². The van der Waals surface area contributed by atoms with E-state index in [1.54, 1.807) is 30.2 Å². The molecule has 1 aromatic carbocycles. The molecule has 29 heavy (non-hydrogen) atoms. The normalized spacial score (nSPS) is 19.6. The second kappa shape index (κ2) is 8.53. The van der Waals surface area contributed by atoms with Crippen molar-refractivity contribution in [1.29, 1.82) is 0 Å². The first-order valence-electron chi connectivity index (χ1n) is 9.62. The third-order valence-electron chi connectivity index (χ3n) is 5.46. The summed E-state index contributed by atoms with van der Waals surface area (Å²) in [5.74, 6) is 0.883. The molecule has 2 saturated heterocycles. The lowest BCUT2D eigenvalue weighted by atomic mass is 9.97. The lowest BCUT2D eigenvalue weighted by molar-refractivity contribution is -0.127. The Bertz CT molecular complexity index is 816. The monoisotopic (exact) mass is 422 g/mol. The highest BCUT2D eigenvalue weighted by atomic mass is 35.5. The largest absolute Gasteiger partial charge is 0.493 e. The van der Waals surface area contributed by atoms with Gasteiger partial charge < -0.3 is 19.1 Å². The molecule has 0 spiro atoms. The van der Waals surface area contributed by atoms with Gasteiger partial charge in [0.05, 0.1) is 24.8 Å². The van der Waals surface area contributed by atoms with E-state index in [2.05, 4.69) is 0 Å². The summed E-state index contributed by atoms with van der Waals surface area (Å²) in [6.45, 7) is 5.59. The van der Waals surface area contributed by atoms with Gasteiger partial charge in [0, 0.05) is 25.2 Å². The number of amides is 2. The predicted molar refractivity (Wildman–Crippen MR) is 110 cm³/mol. The minimum absolute atomic E-state index is 0.0856. The van der Waals surface area contributed by atoms with Gasteiger partial charge in [-0.1, -0.05) is 11.6 Å². The van der Waals surface area contributed by atoms with Crippen LogP contribution in [0.5, 0.6) is 11.5 Å². The molecule has 3 rings (SSSR count). The van der Waals surface area contributed by atoms with E-state index in [0.717, 1.165) is 12.8 Å². The minimum atomic E-state index is -0.308. The Balaban J connectivity index is 1.62. The van der Waals surface area contributed by atoms with Gasteiger partial charge in [-0.15, -0.1) is 0 Å². The summed E-state index contributed by atoms with van der Waals surface area (Å²) in [7, 11) is 3.06. The summed E-state index contributed by atoms with van der Waals surface area (Å²) in [5, 5.41) is 0.393. The molecule has 0 N–H and O–H groups in total. The maximum Gasteiger partial charge on any atom is 0.410 e. The highest BCUT2D eigenvalue weighted by Gasteiger charge is 2.44. The second-order valence-corrected chi connectivity index (χ2v) is 8.21. The number of ether oxygens (including phenoxy) is 3. The number of hydrogen-bond acceptors (Lipinski definition) is 5. The van der Waals surface area contributed by atoms with Crippen molar-refractivity contribution in [3.8, 4) is 11.5 Å². The minimum Gasteiger partial charge on any atom is -0.493 e. The zero-order valence-corrected chi connectivity index (χ0v) is 18.0. The smallest absolute Gasteiger partial charge is 0.410 e. The Kier molecular flexibility index (Phi) is 6.27. The Morgan fingerprint density at radius 2 is 1.93 bits per heavy atom. The highest BCUT2D eigenvalue weighted by Crippen LogP contribution is 2.38. The number of rotatable bonds is 5. The highest BCUT2D eigenvalue weighted by molar-refractivity contribution is 6.33. The number of cyclic esters (lactones) is 1. The van der Waals surface area contributed by atoms with Crippen LogP contribution in [0, 0.1) is 0 Å². The van der Waals surface area contributed by atoms with Gasteiger partial charge in [0.25, 0.3) is 0 Å². The fourth-order valence-corrected chi connectivity index (χ4v) is 4.21. The zero-order chi connectivity index (χ0) is 21.2. The SMILES string of the molecule is COc1ccc(C=CC(=O)N2CCC(N3C(=O)OCC3(C)C)CC2)c(Cl)c1OC. The number of carbonyl (C=O) groups is 2. The number of likely N-dealkylation sites (tertiary alicyclic amines) is 1. The van der Waals surface area contributed by atoms with Crippen molar-refractivity contribution >= 4 is 29.7 Å².